The van der Waals surface area contributed by atoms with Crippen molar-refractivity contribution in [1.29, 1.82) is 0 Å². The molecule has 3 rings (SSSR count). The smallest absolute Gasteiger partial charge is 0.403 e. The number of alkyl halides is 3. The number of pyridine rings is 1. The quantitative estimate of drug-likeness (QED) is 0.769. The SMILES string of the molecule is CC(=O)N[C@H]1CCN(c2ccnc(-c3ccc(OC(F)(F)F)c(F)c3)c2)C[C@@H]1C. The fraction of sp³-hybridized carbons (Fsp3) is 0.400. The van der Waals surface area contributed by atoms with E-state index in [9.17, 15) is 22.4 Å². The van der Waals surface area contributed by atoms with Gasteiger partial charge in [-0.2, -0.15) is 0 Å². The second kappa shape index (κ2) is 8.26. The van der Waals surface area contributed by atoms with Crippen LogP contribution >= 0.6 is 0 Å². The van der Waals surface area contributed by atoms with Crippen molar-refractivity contribution in [3.8, 4) is 17.0 Å². The van der Waals surface area contributed by atoms with Gasteiger partial charge in [-0.3, -0.25) is 9.78 Å². The molecular formula is C20H21F4N3O2. The summed E-state index contributed by atoms with van der Waals surface area (Å²) in [5.41, 5.74) is 1.66. The zero-order chi connectivity index (χ0) is 21.2. The van der Waals surface area contributed by atoms with Crippen molar-refractivity contribution in [3.63, 3.8) is 0 Å². The number of rotatable bonds is 4. The van der Waals surface area contributed by atoms with Gasteiger partial charge in [0.15, 0.2) is 11.6 Å². The Kier molecular flexibility index (Phi) is 5.95. The lowest BCUT2D eigenvalue weighted by Gasteiger charge is -2.38. The van der Waals surface area contributed by atoms with Gasteiger partial charge in [0.25, 0.3) is 0 Å². The molecule has 1 aliphatic heterocycles. The summed E-state index contributed by atoms with van der Waals surface area (Å²) in [5.74, 6) is -1.81. The summed E-state index contributed by atoms with van der Waals surface area (Å²) in [7, 11) is 0. The van der Waals surface area contributed by atoms with Gasteiger partial charge in [-0.25, -0.2) is 4.39 Å². The second-order valence-electron chi connectivity index (χ2n) is 7.11. The van der Waals surface area contributed by atoms with Crippen LogP contribution in [0.3, 0.4) is 0 Å². The standard InChI is InChI=1S/C20H21F4N3O2/c1-12-11-27(8-6-17(12)26-13(2)28)15-5-7-25-18(10-15)14-3-4-19(16(21)9-14)29-20(22,23)24/h3-5,7,9-10,12,17H,6,8,11H2,1-2H3,(H,26,28)/t12-,17-/m0/s1. The number of ether oxygens (including phenoxy) is 1. The van der Waals surface area contributed by atoms with Crippen molar-refractivity contribution in [1.82, 2.24) is 10.3 Å². The summed E-state index contributed by atoms with van der Waals surface area (Å²) in [4.78, 5) is 17.7. The van der Waals surface area contributed by atoms with Crippen LogP contribution in [-0.2, 0) is 4.79 Å². The topological polar surface area (TPSA) is 54.5 Å². The highest BCUT2D eigenvalue weighted by atomic mass is 19.4. The van der Waals surface area contributed by atoms with Crippen molar-refractivity contribution < 1.29 is 27.1 Å². The van der Waals surface area contributed by atoms with Crippen LogP contribution < -0.4 is 15.0 Å². The molecule has 0 aliphatic carbocycles. The number of nitrogens with one attached hydrogen (secondary N) is 1. The maximum Gasteiger partial charge on any atom is 0.573 e. The maximum absolute atomic E-state index is 14.0. The minimum Gasteiger partial charge on any atom is -0.403 e. The summed E-state index contributed by atoms with van der Waals surface area (Å²) in [6, 6.07) is 6.95. The number of carbonyl (C=O) groups is 1. The van der Waals surface area contributed by atoms with Gasteiger partial charge in [-0.1, -0.05) is 6.92 Å². The van der Waals surface area contributed by atoms with Crippen LogP contribution in [0.5, 0.6) is 5.75 Å². The fourth-order valence-corrected chi connectivity index (χ4v) is 3.50. The van der Waals surface area contributed by atoms with Crippen molar-refractivity contribution >= 4 is 11.6 Å². The van der Waals surface area contributed by atoms with Gasteiger partial charge in [-0.15, -0.1) is 13.2 Å². The Bertz CT molecular complexity index is 888. The highest BCUT2D eigenvalue weighted by Crippen LogP contribution is 2.31. The first-order chi connectivity index (χ1) is 13.6. The fourth-order valence-electron chi connectivity index (χ4n) is 3.50. The largest absolute Gasteiger partial charge is 0.573 e. The van der Waals surface area contributed by atoms with E-state index in [4.69, 9.17) is 0 Å². The molecule has 156 valence electrons. The molecule has 1 aromatic heterocycles. The molecule has 2 aromatic rings. The first-order valence-corrected chi connectivity index (χ1v) is 9.16. The number of hydrogen-bond acceptors (Lipinski definition) is 4. The van der Waals surface area contributed by atoms with E-state index in [2.05, 4.69) is 26.9 Å². The molecular weight excluding hydrogens is 390 g/mol. The molecule has 0 radical (unpaired) electrons. The molecule has 9 heteroatoms. The van der Waals surface area contributed by atoms with Gasteiger partial charge in [0, 0.05) is 43.5 Å². The summed E-state index contributed by atoms with van der Waals surface area (Å²) in [5, 5.41) is 2.96. The third-order valence-corrected chi connectivity index (χ3v) is 4.86. The third kappa shape index (κ3) is 5.36. The third-order valence-electron chi connectivity index (χ3n) is 4.86. The van der Waals surface area contributed by atoms with E-state index >= 15 is 0 Å². The van der Waals surface area contributed by atoms with E-state index in [1.807, 2.05) is 6.07 Å². The van der Waals surface area contributed by atoms with E-state index < -0.39 is 17.9 Å². The number of anilines is 1. The number of carbonyl (C=O) groups excluding carboxylic acids is 1. The van der Waals surface area contributed by atoms with Gasteiger partial charge in [0.1, 0.15) is 0 Å². The van der Waals surface area contributed by atoms with Crippen LogP contribution in [0.4, 0.5) is 23.2 Å². The molecule has 29 heavy (non-hydrogen) atoms. The Morgan fingerprint density at radius 1 is 1.28 bits per heavy atom. The van der Waals surface area contributed by atoms with Crippen molar-refractivity contribution in [2.75, 3.05) is 18.0 Å². The maximum atomic E-state index is 14.0. The minimum absolute atomic E-state index is 0.0542. The molecule has 5 nitrogen and oxygen atoms in total. The molecule has 2 atom stereocenters. The van der Waals surface area contributed by atoms with E-state index in [-0.39, 0.29) is 17.9 Å². The Morgan fingerprint density at radius 2 is 2.03 bits per heavy atom. The van der Waals surface area contributed by atoms with Crippen LogP contribution in [0.25, 0.3) is 11.3 Å². The van der Waals surface area contributed by atoms with E-state index in [0.717, 1.165) is 37.3 Å². The van der Waals surface area contributed by atoms with Crippen molar-refractivity contribution in [2.24, 2.45) is 5.92 Å². The highest BCUT2D eigenvalue weighted by molar-refractivity contribution is 5.73. The molecule has 1 saturated heterocycles. The predicted octanol–water partition coefficient (Wildman–Crippen LogP) is 4.14. The van der Waals surface area contributed by atoms with Crippen LogP contribution in [0.15, 0.2) is 36.5 Å². The zero-order valence-electron chi connectivity index (χ0n) is 16.0. The first-order valence-electron chi connectivity index (χ1n) is 9.16. The molecule has 1 N–H and O–H groups in total. The summed E-state index contributed by atoms with van der Waals surface area (Å²) >= 11 is 0. The molecule has 1 aromatic carbocycles. The molecule has 0 unspecified atom stereocenters. The Hall–Kier alpha value is -2.84. The minimum atomic E-state index is -4.96. The molecule has 0 bridgehead atoms. The normalized spacial score (nSPS) is 19.7. The van der Waals surface area contributed by atoms with E-state index in [1.165, 1.54) is 13.0 Å². The molecule has 1 amide bonds. The highest BCUT2D eigenvalue weighted by Gasteiger charge is 2.32. The van der Waals surface area contributed by atoms with Crippen molar-refractivity contribution in [3.05, 3.63) is 42.3 Å². The molecule has 2 heterocycles. The monoisotopic (exact) mass is 411 g/mol. The molecule has 1 fully saturated rings. The van der Waals surface area contributed by atoms with Crippen LogP contribution in [0, 0.1) is 11.7 Å². The second-order valence-corrected chi connectivity index (χ2v) is 7.11. The lowest BCUT2D eigenvalue weighted by molar-refractivity contribution is -0.275. The number of aromatic nitrogens is 1. The molecule has 0 saturated carbocycles. The van der Waals surface area contributed by atoms with Gasteiger partial charge < -0.3 is 15.0 Å². The van der Waals surface area contributed by atoms with E-state index in [1.54, 1.807) is 12.3 Å². The Balaban J connectivity index is 1.77. The van der Waals surface area contributed by atoms with Crippen LogP contribution in [0.2, 0.25) is 0 Å². The van der Waals surface area contributed by atoms with Crippen LogP contribution in [-0.4, -0.2) is 36.4 Å². The zero-order valence-corrected chi connectivity index (χ0v) is 16.0. The number of nitrogens with zero attached hydrogens (tertiary/aromatic N) is 2. The summed E-state index contributed by atoms with van der Waals surface area (Å²) in [6.45, 7) is 5.01. The number of piperidine rings is 1. The number of benzene rings is 1. The van der Waals surface area contributed by atoms with Crippen molar-refractivity contribution in [2.45, 2.75) is 32.7 Å². The summed E-state index contributed by atoms with van der Waals surface area (Å²) in [6.07, 6.45) is -2.59. The first kappa shape index (κ1) is 20.9. The Labute approximate surface area is 165 Å². The Morgan fingerprint density at radius 3 is 2.66 bits per heavy atom. The van der Waals surface area contributed by atoms with Gasteiger partial charge in [-0.05, 0) is 42.7 Å². The number of halogens is 4. The van der Waals surface area contributed by atoms with Gasteiger partial charge in [0.2, 0.25) is 5.91 Å². The number of amides is 1. The van der Waals surface area contributed by atoms with Crippen LogP contribution in [0.1, 0.15) is 20.3 Å². The molecule has 0 spiro atoms. The van der Waals surface area contributed by atoms with Gasteiger partial charge in [0.05, 0.1) is 5.69 Å². The van der Waals surface area contributed by atoms with E-state index in [0.29, 0.717) is 11.3 Å². The lowest BCUT2D eigenvalue weighted by atomic mass is 9.93. The number of hydrogen-bond donors (Lipinski definition) is 1. The average molecular weight is 411 g/mol. The van der Waals surface area contributed by atoms with Gasteiger partial charge >= 0.3 is 6.36 Å². The lowest BCUT2D eigenvalue weighted by Crippen LogP contribution is -2.49. The predicted molar refractivity (Wildman–Crippen MR) is 99.9 cm³/mol. The average Bonchev–Trinajstić information content (AvgIpc) is 2.64. The summed E-state index contributed by atoms with van der Waals surface area (Å²) < 4.78 is 54.6. The molecule has 1 aliphatic rings.